The Balaban J connectivity index is 2.76. The van der Waals surface area contributed by atoms with Crippen LogP contribution in [0.2, 0.25) is 0 Å². The highest BCUT2D eigenvalue weighted by Crippen LogP contribution is 2.26. The van der Waals surface area contributed by atoms with Crippen molar-refractivity contribution in [3.8, 4) is 5.75 Å². The second kappa shape index (κ2) is 6.23. The van der Waals surface area contributed by atoms with E-state index in [4.69, 9.17) is 0 Å². The first-order valence-corrected chi connectivity index (χ1v) is 5.17. The summed E-state index contributed by atoms with van der Waals surface area (Å²) in [4.78, 5) is 19.0. The van der Waals surface area contributed by atoms with Crippen LogP contribution in [0.25, 0.3) is 0 Å². The van der Waals surface area contributed by atoms with Crippen LogP contribution in [0.1, 0.15) is 26.2 Å². The van der Waals surface area contributed by atoms with Gasteiger partial charge in [-0.05, 0) is 6.42 Å². The van der Waals surface area contributed by atoms with Crippen LogP contribution < -0.4 is 4.89 Å². The smallest absolute Gasteiger partial charge is 0.280 e. The maximum absolute atomic E-state index is 13.0. The number of carbonyl (C=O) groups excluding carboxylic acids is 1. The van der Waals surface area contributed by atoms with E-state index in [-0.39, 0.29) is 12.5 Å². The lowest BCUT2D eigenvalue weighted by atomic mass is 10.3. The van der Waals surface area contributed by atoms with Crippen molar-refractivity contribution in [2.24, 2.45) is 0 Å². The zero-order valence-electron chi connectivity index (χ0n) is 9.44. The van der Waals surface area contributed by atoms with Gasteiger partial charge < -0.3 is 0 Å². The quantitative estimate of drug-likeness (QED) is 0.355. The fourth-order valence-electron chi connectivity index (χ4n) is 1.08. The number of halogens is 4. The third-order valence-corrected chi connectivity index (χ3v) is 2.02. The van der Waals surface area contributed by atoms with Crippen molar-refractivity contribution in [2.45, 2.75) is 26.2 Å². The Hall–Kier alpha value is -1.79. The van der Waals surface area contributed by atoms with Crippen LogP contribution in [0.4, 0.5) is 17.6 Å². The second-order valence-corrected chi connectivity index (χ2v) is 3.44. The molecule has 0 unspecified atom stereocenters. The molecule has 0 fully saturated rings. The first-order valence-electron chi connectivity index (χ1n) is 5.17. The van der Waals surface area contributed by atoms with Crippen LogP contribution in [0.5, 0.6) is 5.75 Å². The average molecular weight is 266 g/mol. The molecule has 0 heterocycles. The summed E-state index contributed by atoms with van der Waals surface area (Å²) in [6.45, 7) is 1.81. The Morgan fingerprint density at radius 1 is 1.17 bits per heavy atom. The van der Waals surface area contributed by atoms with Crippen molar-refractivity contribution in [1.82, 2.24) is 0 Å². The van der Waals surface area contributed by atoms with Gasteiger partial charge in [-0.25, -0.2) is 13.6 Å². The molecule has 3 nitrogen and oxygen atoms in total. The highest BCUT2D eigenvalue weighted by molar-refractivity contribution is 5.68. The van der Waals surface area contributed by atoms with Gasteiger partial charge in [0.2, 0.25) is 11.6 Å². The van der Waals surface area contributed by atoms with E-state index < -0.39 is 35.0 Å². The fourth-order valence-corrected chi connectivity index (χ4v) is 1.08. The number of hydrogen-bond acceptors (Lipinski definition) is 3. The number of unbranched alkanes of at least 4 members (excludes halogenated alkanes) is 1. The van der Waals surface area contributed by atoms with Crippen molar-refractivity contribution >= 4 is 5.97 Å². The van der Waals surface area contributed by atoms with E-state index in [1.54, 1.807) is 0 Å². The molecule has 0 atom stereocenters. The molecular formula is C11H10F4O3. The summed E-state index contributed by atoms with van der Waals surface area (Å²) in [5, 5.41) is 0. The lowest BCUT2D eigenvalue weighted by Gasteiger charge is -2.07. The van der Waals surface area contributed by atoms with E-state index >= 15 is 0 Å². The van der Waals surface area contributed by atoms with Crippen LogP contribution in [0, 0.1) is 23.3 Å². The van der Waals surface area contributed by atoms with E-state index in [9.17, 15) is 22.4 Å². The summed E-state index contributed by atoms with van der Waals surface area (Å²) in [5.74, 6) is -9.13. The van der Waals surface area contributed by atoms with Crippen LogP contribution in [0.3, 0.4) is 0 Å². The number of benzene rings is 1. The Morgan fingerprint density at radius 2 is 1.72 bits per heavy atom. The summed E-state index contributed by atoms with van der Waals surface area (Å²) < 4.78 is 51.6. The SMILES string of the molecule is CCCCC(=O)OOc1c(F)c(F)cc(F)c1F. The maximum atomic E-state index is 13.0. The third kappa shape index (κ3) is 3.35. The predicted molar refractivity (Wildman–Crippen MR) is 52.5 cm³/mol. The van der Waals surface area contributed by atoms with E-state index in [0.717, 1.165) is 0 Å². The summed E-state index contributed by atoms with van der Waals surface area (Å²) in [7, 11) is 0. The molecule has 0 aromatic heterocycles. The van der Waals surface area contributed by atoms with E-state index in [2.05, 4.69) is 9.78 Å². The third-order valence-electron chi connectivity index (χ3n) is 2.02. The van der Waals surface area contributed by atoms with Crippen molar-refractivity contribution in [2.75, 3.05) is 0 Å². The van der Waals surface area contributed by atoms with Gasteiger partial charge in [0.1, 0.15) is 0 Å². The van der Waals surface area contributed by atoms with Gasteiger partial charge in [-0.2, -0.15) is 8.78 Å². The Bertz CT molecular complexity index is 422. The number of carbonyl (C=O) groups is 1. The molecule has 0 spiro atoms. The summed E-state index contributed by atoms with van der Waals surface area (Å²) >= 11 is 0. The minimum absolute atomic E-state index is 0.0242. The highest BCUT2D eigenvalue weighted by atomic mass is 19.2. The maximum Gasteiger partial charge on any atom is 0.355 e. The van der Waals surface area contributed by atoms with Gasteiger partial charge in [0.25, 0.3) is 5.75 Å². The zero-order valence-corrected chi connectivity index (χ0v) is 9.44. The minimum Gasteiger partial charge on any atom is -0.280 e. The van der Waals surface area contributed by atoms with Crippen molar-refractivity contribution < 1.29 is 32.1 Å². The molecule has 0 aliphatic carbocycles. The first-order chi connectivity index (χ1) is 8.47. The van der Waals surface area contributed by atoms with Gasteiger partial charge in [-0.15, -0.1) is 0 Å². The topological polar surface area (TPSA) is 35.5 Å². The Kier molecular flexibility index (Phi) is 4.94. The molecule has 100 valence electrons. The van der Waals surface area contributed by atoms with Gasteiger partial charge in [0, 0.05) is 6.07 Å². The zero-order chi connectivity index (χ0) is 13.7. The minimum atomic E-state index is -1.77. The summed E-state index contributed by atoms with van der Waals surface area (Å²) in [6, 6.07) is 0.0242. The normalized spacial score (nSPS) is 10.3. The fraction of sp³-hybridized carbons (Fsp3) is 0.364. The molecule has 1 rings (SSSR count). The van der Waals surface area contributed by atoms with Crippen LogP contribution in [-0.4, -0.2) is 5.97 Å². The molecule has 0 amide bonds. The largest absolute Gasteiger partial charge is 0.355 e. The number of rotatable bonds is 5. The van der Waals surface area contributed by atoms with Gasteiger partial charge in [-0.3, -0.25) is 9.78 Å². The first kappa shape index (κ1) is 14.3. The monoisotopic (exact) mass is 266 g/mol. The molecular weight excluding hydrogens is 256 g/mol. The van der Waals surface area contributed by atoms with Crippen LogP contribution in [0.15, 0.2) is 6.07 Å². The van der Waals surface area contributed by atoms with Gasteiger partial charge in [0.05, 0.1) is 6.42 Å². The Labute approximate surface area is 100 Å². The van der Waals surface area contributed by atoms with Crippen LogP contribution >= 0.6 is 0 Å². The van der Waals surface area contributed by atoms with Crippen LogP contribution in [-0.2, 0) is 9.68 Å². The molecule has 18 heavy (non-hydrogen) atoms. The standard InChI is InChI=1S/C11H10F4O3/c1-2-3-4-8(16)17-18-11-9(14)6(12)5-7(13)10(11)15/h5H,2-4H2,1H3. The molecule has 0 saturated heterocycles. The molecule has 0 N–H and O–H groups in total. The average Bonchev–Trinajstić information content (AvgIpc) is 2.34. The Morgan fingerprint density at radius 3 is 2.22 bits per heavy atom. The van der Waals surface area contributed by atoms with Gasteiger partial charge in [0.15, 0.2) is 11.6 Å². The predicted octanol–water partition coefficient (Wildman–Crippen LogP) is 3.27. The molecule has 1 aromatic rings. The second-order valence-electron chi connectivity index (χ2n) is 3.44. The lowest BCUT2D eigenvalue weighted by molar-refractivity contribution is -0.216. The number of hydrogen-bond donors (Lipinski definition) is 0. The molecule has 0 aliphatic heterocycles. The van der Waals surface area contributed by atoms with E-state index in [1.165, 1.54) is 0 Å². The molecule has 0 bridgehead atoms. The molecule has 0 radical (unpaired) electrons. The van der Waals surface area contributed by atoms with Crippen molar-refractivity contribution in [3.05, 3.63) is 29.3 Å². The van der Waals surface area contributed by atoms with Gasteiger partial charge >= 0.3 is 5.97 Å². The molecule has 0 saturated carbocycles. The summed E-state index contributed by atoms with van der Waals surface area (Å²) in [5.41, 5.74) is 0. The lowest BCUT2D eigenvalue weighted by Crippen LogP contribution is -2.10. The molecule has 7 heteroatoms. The summed E-state index contributed by atoms with van der Waals surface area (Å²) in [6.07, 6.45) is 1.16. The molecule has 0 aliphatic rings. The highest BCUT2D eigenvalue weighted by Gasteiger charge is 2.22. The van der Waals surface area contributed by atoms with E-state index in [0.29, 0.717) is 12.8 Å². The molecule has 1 aromatic carbocycles. The van der Waals surface area contributed by atoms with Crippen molar-refractivity contribution in [3.63, 3.8) is 0 Å². The van der Waals surface area contributed by atoms with Gasteiger partial charge in [-0.1, -0.05) is 13.3 Å². The van der Waals surface area contributed by atoms with E-state index in [1.807, 2.05) is 6.92 Å². The van der Waals surface area contributed by atoms with Crippen molar-refractivity contribution in [1.29, 1.82) is 0 Å².